The Bertz CT molecular complexity index is 1080. The van der Waals surface area contributed by atoms with E-state index in [0.29, 0.717) is 11.0 Å². The lowest BCUT2D eigenvalue weighted by atomic mass is 10.2. The summed E-state index contributed by atoms with van der Waals surface area (Å²) in [6.45, 7) is 1.94. The van der Waals surface area contributed by atoms with Gasteiger partial charge in [-0.15, -0.1) is 0 Å². The number of rotatable bonds is 1. The highest BCUT2D eigenvalue weighted by Gasteiger charge is 2.10. The average Bonchev–Trinajstić information content (AvgIpc) is 2.91. The fourth-order valence-corrected chi connectivity index (χ4v) is 2.90. The number of benzene rings is 1. The zero-order valence-electron chi connectivity index (χ0n) is 11.7. The molecule has 0 unspecified atom stereocenters. The summed E-state index contributed by atoms with van der Waals surface area (Å²) in [4.78, 5) is 19.2. The second kappa shape index (κ2) is 4.78. The van der Waals surface area contributed by atoms with Gasteiger partial charge in [-0.1, -0.05) is 15.9 Å². The molecule has 108 valence electrons. The van der Waals surface area contributed by atoms with Crippen LogP contribution in [0.5, 0.6) is 0 Å². The maximum atomic E-state index is 12.2. The van der Waals surface area contributed by atoms with Crippen LogP contribution >= 0.6 is 15.9 Å². The Hall–Kier alpha value is -2.47. The largest absolute Gasteiger partial charge is 0.306 e. The van der Waals surface area contributed by atoms with E-state index in [0.717, 1.165) is 26.9 Å². The van der Waals surface area contributed by atoms with Crippen LogP contribution in [0.25, 0.3) is 27.8 Å². The van der Waals surface area contributed by atoms with Gasteiger partial charge in [-0.05, 0) is 37.3 Å². The van der Waals surface area contributed by atoms with Crippen molar-refractivity contribution in [3.63, 3.8) is 0 Å². The Balaban J connectivity index is 2.07. The fourth-order valence-electron chi connectivity index (χ4n) is 2.56. The Morgan fingerprint density at radius 1 is 1.18 bits per heavy atom. The smallest absolute Gasteiger partial charge is 0.259 e. The minimum atomic E-state index is -0.118. The van der Waals surface area contributed by atoms with E-state index in [1.165, 1.54) is 0 Å². The van der Waals surface area contributed by atoms with Crippen molar-refractivity contribution >= 4 is 32.5 Å². The van der Waals surface area contributed by atoms with Gasteiger partial charge in [0.15, 0.2) is 0 Å². The lowest BCUT2D eigenvalue weighted by Crippen LogP contribution is -2.09. The number of pyridine rings is 1. The predicted molar refractivity (Wildman–Crippen MR) is 89.0 cm³/mol. The molecule has 5 nitrogen and oxygen atoms in total. The van der Waals surface area contributed by atoms with Gasteiger partial charge in [-0.25, -0.2) is 4.52 Å². The molecular weight excluding hydrogens is 344 g/mol. The SMILES string of the molecule is Cc1cc(-c2cc3[nH]c(=O)c4ccc(Br)cc4n3n2)ccn1. The van der Waals surface area contributed by atoms with Crippen LogP contribution < -0.4 is 5.56 Å². The molecule has 22 heavy (non-hydrogen) atoms. The van der Waals surface area contributed by atoms with Crippen LogP contribution in [0.4, 0.5) is 0 Å². The molecule has 6 heteroatoms. The number of fused-ring (bicyclic) bond motifs is 3. The first-order chi connectivity index (χ1) is 10.6. The van der Waals surface area contributed by atoms with Gasteiger partial charge >= 0.3 is 0 Å². The van der Waals surface area contributed by atoms with Crippen molar-refractivity contribution in [1.82, 2.24) is 19.6 Å². The Kier molecular flexibility index (Phi) is 2.87. The molecule has 0 saturated carbocycles. The highest BCUT2D eigenvalue weighted by Crippen LogP contribution is 2.22. The molecule has 1 N–H and O–H groups in total. The third-order valence-corrected chi connectivity index (χ3v) is 4.07. The van der Waals surface area contributed by atoms with Gasteiger partial charge in [0, 0.05) is 28.0 Å². The van der Waals surface area contributed by atoms with E-state index in [1.807, 2.05) is 37.3 Å². The molecule has 0 atom stereocenters. The molecule has 0 spiro atoms. The van der Waals surface area contributed by atoms with Gasteiger partial charge in [0.25, 0.3) is 5.56 Å². The molecule has 0 bridgehead atoms. The molecule has 3 heterocycles. The summed E-state index contributed by atoms with van der Waals surface area (Å²) in [5, 5.41) is 5.24. The molecule has 3 aromatic heterocycles. The molecule has 0 fully saturated rings. The maximum Gasteiger partial charge on any atom is 0.259 e. The monoisotopic (exact) mass is 354 g/mol. The van der Waals surface area contributed by atoms with Gasteiger partial charge in [0.1, 0.15) is 5.65 Å². The lowest BCUT2D eigenvalue weighted by Gasteiger charge is -2.01. The topological polar surface area (TPSA) is 63.0 Å². The van der Waals surface area contributed by atoms with E-state index >= 15 is 0 Å². The van der Waals surface area contributed by atoms with Crippen LogP contribution in [0.1, 0.15) is 5.69 Å². The van der Waals surface area contributed by atoms with E-state index in [9.17, 15) is 4.79 Å². The second-order valence-electron chi connectivity index (χ2n) is 5.13. The van der Waals surface area contributed by atoms with Crippen molar-refractivity contribution in [3.05, 3.63) is 63.1 Å². The summed E-state index contributed by atoms with van der Waals surface area (Å²) < 4.78 is 2.66. The number of halogens is 1. The van der Waals surface area contributed by atoms with Crippen LogP contribution in [-0.4, -0.2) is 19.6 Å². The minimum Gasteiger partial charge on any atom is -0.306 e. The number of aromatic amines is 1. The molecular formula is C16H11BrN4O. The molecule has 4 aromatic rings. The van der Waals surface area contributed by atoms with Crippen LogP contribution in [0.3, 0.4) is 0 Å². The fraction of sp³-hybridized carbons (Fsp3) is 0.0625. The number of hydrogen-bond donors (Lipinski definition) is 1. The van der Waals surface area contributed by atoms with Crippen LogP contribution in [0, 0.1) is 6.92 Å². The summed E-state index contributed by atoms with van der Waals surface area (Å²) in [5.41, 5.74) is 4.02. The van der Waals surface area contributed by atoms with E-state index in [-0.39, 0.29) is 5.56 Å². The minimum absolute atomic E-state index is 0.118. The lowest BCUT2D eigenvalue weighted by molar-refractivity contribution is 0.980. The van der Waals surface area contributed by atoms with Gasteiger partial charge in [-0.2, -0.15) is 5.10 Å². The number of nitrogens with one attached hydrogen (secondary N) is 1. The molecule has 4 rings (SSSR count). The summed E-state index contributed by atoms with van der Waals surface area (Å²) in [5.74, 6) is 0. The summed E-state index contributed by atoms with van der Waals surface area (Å²) in [6.07, 6.45) is 1.76. The number of aromatic nitrogens is 4. The summed E-state index contributed by atoms with van der Waals surface area (Å²) >= 11 is 3.44. The normalized spacial score (nSPS) is 11.4. The van der Waals surface area contributed by atoms with Gasteiger partial charge in [0.2, 0.25) is 0 Å². The molecule has 0 aliphatic rings. The first-order valence-electron chi connectivity index (χ1n) is 6.76. The van der Waals surface area contributed by atoms with E-state index in [1.54, 1.807) is 16.8 Å². The zero-order valence-corrected chi connectivity index (χ0v) is 13.3. The average molecular weight is 355 g/mol. The molecule has 0 aliphatic heterocycles. The number of hydrogen-bond acceptors (Lipinski definition) is 3. The third kappa shape index (κ3) is 2.03. The maximum absolute atomic E-state index is 12.2. The third-order valence-electron chi connectivity index (χ3n) is 3.58. The van der Waals surface area contributed by atoms with Gasteiger partial charge < -0.3 is 4.98 Å². The van der Waals surface area contributed by atoms with Crippen molar-refractivity contribution in [2.75, 3.05) is 0 Å². The number of nitrogens with zero attached hydrogens (tertiary/aromatic N) is 3. The van der Waals surface area contributed by atoms with E-state index in [4.69, 9.17) is 0 Å². The Morgan fingerprint density at radius 3 is 2.86 bits per heavy atom. The second-order valence-corrected chi connectivity index (χ2v) is 6.04. The summed E-state index contributed by atoms with van der Waals surface area (Å²) in [7, 11) is 0. The van der Waals surface area contributed by atoms with Crippen LogP contribution in [0.2, 0.25) is 0 Å². The first-order valence-corrected chi connectivity index (χ1v) is 7.55. The van der Waals surface area contributed by atoms with E-state index in [2.05, 4.69) is 31.0 Å². The number of H-pyrrole nitrogens is 1. The van der Waals surface area contributed by atoms with Crippen molar-refractivity contribution in [1.29, 1.82) is 0 Å². The Morgan fingerprint density at radius 2 is 2.05 bits per heavy atom. The van der Waals surface area contributed by atoms with Crippen molar-refractivity contribution in [2.45, 2.75) is 6.92 Å². The highest BCUT2D eigenvalue weighted by molar-refractivity contribution is 9.10. The van der Waals surface area contributed by atoms with Crippen molar-refractivity contribution in [3.8, 4) is 11.3 Å². The predicted octanol–water partition coefficient (Wildman–Crippen LogP) is 3.31. The highest BCUT2D eigenvalue weighted by atomic mass is 79.9. The zero-order chi connectivity index (χ0) is 15.3. The van der Waals surface area contributed by atoms with Crippen LogP contribution in [0.15, 0.2) is 51.9 Å². The molecule has 0 aliphatic carbocycles. The summed E-state index contributed by atoms with van der Waals surface area (Å²) in [6, 6.07) is 11.3. The first kappa shape index (κ1) is 13.2. The molecule has 0 saturated heterocycles. The molecule has 0 radical (unpaired) electrons. The van der Waals surface area contributed by atoms with Crippen LogP contribution in [-0.2, 0) is 0 Å². The Labute approximate surface area is 133 Å². The number of aryl methyl sites for hydroxylation is 1. The molecule has 0 amide bonds. The quantitative estimate of drug-likeness (QED) is 0.570. The van der Waals surface area contributed by atoms with Gasteiger partial charge in [-0.3, -0.25) is 9.78 Å². The van der Waals surface area contributed by atoms with Crippen molar-refractivity contribution < 1.29 is 0 Å². The van der Waals surface area contributed by atoms with Gasteiger partial charge in [0.05, 0.1) is 16.6 Å². The molecule has 1 aromatic carbocycles. The standard InChI is InChI=1S/C16H11BrN4O/c1-9-6-10(4-5-18-9)13-8-15-19-16(22)12-3-2-11(17)7-14(12)21(15)20-13/h2-8H,1H3,(H,19,22). The van der Waals surface area contributed by atoms with Crippen molar-refractivity contribution in [2.24, 2.45) is 0 Å². The van der Waals surface area contributed by atoms with E-state index < -0.39 is 0 Å².